The highest BCUT2D eigenvalue weighted by Crippen LogP contribution is 2.18. The Morgan fingerprint density at radius 2 is 2.00 bits per heavy atom. The number of amides is 2. The first-order valence-electron chi connectivity index (χ1n) is 8.38. The Kier molecular flexibility index (Phi) is 5.91. The minimum absolute atomic E-state index is 0.199. The molecular weight excluding hydrogens is 338 g/mol. The van der Waals surface area contributed by atoms with Crippen LogP contribution in [-0.4, -0.2) is 41.8 Å². The predicted octanol–water partition coefficient (Wildman–Crippen LogP) is 2.88. The first-order valence-corrected chi connectivity index (χ1v) is 8.75. The summed E-state index contributed by atoms with van der Waals surface area (Å²) in [6.07, 6.45) is 0.376. The fraction of sp³-hybridized carbons (Fsp3) is 0.316. The van der Waals surface area contributed by atoms with Crippen molar-refractivity contribution in [3.63, 3.8) is 0 Å². The number of aliphatic hydroxyl groups is 1. The van der Waals surface area contributed by atoms with E-state index in [0.717, 1.165) is 19.5 Å². The van der Waals surface area contributed by atoms with Crippen LogP contribution >= 0.6 is 11.6 Å². The van der Waals surface area contributed by atoms with E-state index >= 15 is 0 Å². The largest absolute Gasteiger partial charge is 0.390 e. The number of rotatable bonds is 5. The van der Waals surface area contributed by atoms with E-state index in [1.807, 2.05) is 6.07 Å². The maximum atomic E-state index is 11.9. The summed E-state index contributed by atoms with van der Waals surface area (Å²) in [5, 5.41) is 16.1. The van der Waals surface area contributed by atoms with E-state index in [4.69, 9.17) is 11.6 Å². The highest BCUT2D eigenvalue weighted by molar-refractivity contribution is 6.30. The molecule has 2 aromatic rings. The Morgan fingerprint density at radius 1 is 1.20 bits per heavy atom. The molecule has 5 nitrogen and oxygen atoms in total. The van der Waals surface area contributed by atoms with Crippen molar-refractivity contribution in [2.75, 3.05) is 25.0 Å². The van der Waals surface area contributed by atoms with Gasteiger partial charge in [-0.25, -0.2) is 4.79 Å². The van der Waals surface area contributed by atoms with Gasteiger partial charge in [0.25, 0.3) is 0 Å². The Hall–Kier alpha value is -2.08. The first kappa shape index (κ1) is 17.7. The number of urea groups is 1. The second-order valence-electron chi connectivity index (χ2n) is 6.25. The molecule has 6 heteroatoms. The number of carbonyl (C=O) groups excluding carboxylic acids is 1. The molecule has 0 saturated heterocycles. The van der Waals surface area contributed by atoms with Crippen LogP contribution in [0.15, 0.2) is 48.5 Å². The number of β-amino-alcohol motifs (C(OH)–C–C–N with tert-alkyl or cyclic N) is 1. The van der Waals surface area contributed by atoms with E-state index in [-0.39, 0.29) is 12.6 Å². The van der Waals surface area contributed by atoms with Gasteiger partial charge < -0.3 is 15.7 Å². The van der Waals surface area contributed by atoms with Crippen LogP contribution in [0.5, 0.6) is 0 Å². The summed E-state index contributed by atoms with van der Waals surface area (Å²) < 4.78 is 0. The van der Waals surface area contributed by atoms with Crippen molar-refractivity contribution < 1.29 is 9.90 Å². The second-order valence-corrected chi connectivity index (χ2v) is 6.69. The third-order valence-corrected chi connectivity index (χ3v) is 4.49. The van der Waals surface area contributed by atoms with Crippen molar-refractivity contribution >= 4 is 23.3 Å². The molecule has 0 radical (unpaired) electrons. The van der Waals surface area contributed by atoms with Crippen molar-refractivity contribution in [2.24, 2.45) is 0 Å². The van der Waals surface area contributed by atoms with E-state index in [0.29, 0.717) is 17.3 Å². The lowest BCUT2D eigenvalue weighted by Crippen LogP contribution is -2.42. The van der Waals surface area contributed by atoms with Gasteiger partial charge in [-0.1, -0.05) is 41.9 Å². The lowest BCUT2D eigenvalue weighted by atomic mass is 10.00. The van der Waals surface area contributed by atoms with Gasteiger partial charge in [0.05, 0.1) is 6.10 Å². The van der Waals surface area contributed by atoms with Gasteiger partial charge in [0.15, 0.2) is 0 Å². The molecule has 1 aliphatic rings. The number of aliphatic hydroxyl groups excluding tert-OH is 1. The minimum Gasteiger partial charge on any atom is -0.390 e. The smallest absolute Gasteiger partial charge is 0.319 e. The van der Waals surface area contributed by atoms with E-state index in [1.54, 1.807) is 24.3 Å². The number of hydrogen-bond donors (Lipinski definition) is 3. The van der Waals surface area contributed by atoms with E-state index < -0.39 is 6.10 Å². The topological polar surface area (TPSA) is 64.6 Å². The van der Waals surface area contributed by atoms with Crippen LogP contribution < -0.4 is 10.6 Å². The molecule has 1 aliphatic heterocycles. The Bertz CT molecular complexity index is 738. The average molecular weight is 360 g/mol. The van der Waals surface area contributed by atoms with Gasteiger partial charge in [0, 0.05) is 36.9 Å². The van der Waals surface area contributed by atoms with Gasteiger partial charge in [-0.15, -0.1) is 0 Å². The normalized spacial score (nSPS) is 15.3. The van der Waals surface area contributed by atoms with Crippen molar-refractivity contribution in [3.8, 4) is 0 Å². The van der Waals surface area contributed by atoms with Gasteiger partial charge in [-0.3, -0.25) is 4.90 Å². The van der Waals surface area contributed by atoms with Gasteiger partial charge in [-0.05, 0) is 35.7 Å². The lowest BCUT2D eigenvalue weighted by Gasteiger charge is -2.30. The third-order valence-electron chi connectivity index (χ3n) is 4.26. The molecule has 0 saturated carbocycles. The van der Waals surface area contributed by atoms with Crippen molar-refractivity contribution in [2.45, 2.75) is 19.1 Å². The summed E-state index contributed by atoms with van der Waals surface area (Å²) in [6.45, 7) is 2.49. The van der Waals surface area contributed by atoms with Crippen LogP contribution in [0.2, 0.25) is 5.02 Å². The molecule has 0 bridgehead atoms. The molecule has 2 amide bonds. The van der Waals surface area contributed by atoms with Crippen molar-refractivity contribution in [1.29, 1.82) is 0 Å². The molecule has 1 atom stereocenters. The summed E-state index contributed by atoms with van der Waals surface area (Å²) in [5.41, 5.74) is 3.31. The van der Waals surface area contributed by atoms with Gasteiger partial charge in [-0.2, -0.15) is 0 Å². The summed E-state index contributed by atoms with van der Waals surface area (Å²) in [4.78, 5) is 14.1. The van der Waals surface area contributed by atoms with Crippen LogP contribution in [0.25, 0.3) is 0 Å². The molecule has 1 heterocycles. The molecule has 3 N–H and O–H groups in total. The Labute approximate surface area is 152 Å². The Morgan fingerprint density at radius 3 is 2.80 bits per heavy atom. The van der Waals surface area contributed by atoms with Crippen LogP contribution in [0.3, 0.4) is 0 Å². The summed E-state index contributed by atoms with van der Waals surface area (Å²) >= 11 is 5.88. The number of hydrogen-bond acceptors (Lipinski definition) is 3. The van der Waals surface area contributed by atoms with E-state index in [2.05, 4.69) is 33.7 Å². The van der Waals surface area contributed by atoms with Gasteiger partial charge in [0.2, 0.25) is 0 Å². The zero-order valence-corrected chi connectivity index (χ0v) is 14.7. The van der Waals surface area contributed by atoms with E-state index in [1.165, 1.54) is 11.1 Å². The molecule has 0 aromatic heterocycles. The second kappa shape index (κ2) is 8.34. The number of nitrogens with one attached hydrogen (secondary N) is 2. The minimum atomic E-state index is -0.615. The standard InChI is InChI=1S/C19H22ClN3O2/c20-16-6-3-7-17(10-16)22-19(25)21-11-18(24)13-23-9-8-14-4-1-2-5-15(14)12-23/h1-7,10,18,24H,8-9,11-13H2,(H2,21,22,25). The monoisotopic (exact) mass is 359 g/mol. The van der Waals surface area contributed by atoms with Crippen molar-refractivity contribution in [3.05, 3.63) is 64.7 Å². The quantitative estimate of drug-likeness (QED) is 0.769. The fourth-order valence-corrected chi connectivity index (χ4v) is 3.21. The van der Waals surface area contributed by atoms with Crippen LogP contribution in [0.1, 0.15) is 11.1 Å². The number of fused-ring (bicyclic) bond motifs is 1. The number of benzene rings is 2. The average Bonchev–Trinajstić information content (AvgIpc) is 2.60. The first-order chi connectivity index (χ1) is 12.1. The van der Waals surface area contributed by atoms with Crippen LogP contribution in [-0.2, 0) is 13.0 Å². The fourth-order valence-electron chi connectivity index (χ4n) is 3.02. The number of halogens is 1. The molecule has 0 fully saturated rings. The van der Waals surface area contributed by atoms with Crippen LogP contribution in [0.4, 0.5) is 10.5 Å². The van der Waals surface area contributed by atoms with Gasteiger partial charge in [0.1, 0.15) is 0 Å². The maximum absolute atomic E-state index is 11.9. The molecule has 0 aliphatic carbocycles. The molecular formula is C19H22ClN3O2. The number of carbonyl (C=O) groups is 1. The van der Waals surface area contributed by atoms with Crippen LogP contribution in [0, 0.1) is 0 Å². The number of nitrogens with zero attached hydrogens (tertiary/aromatic N) is 1. The zero-order valence-electron chi connectivity index (χ0n) is 13.9. The van der Waals surface area contributed by atoms with Crippen molar-refractivity contribution in [1.82, 2.24) is 10.2 Å². The zero-order chi connectivity index (χ0) is 17.6. The summed E-state index contributed by atoms with van der Waals surface area (Å²) in [7, 11) is 0. The Balaban J connectivity index is 1.42. The molecule has 0 spiro atoms. The van der Waals surface area contributed by atoms with E-state index in [9.17, 15) is 9.90 Å². The molecule has 132 valence electrons. The molecule has 25 heavy (non-hydrogen) atoms. The van der Waals surface area contributed by atoms with Gasteiger partial charge >= 0.3 is 6.03 Å². The SMILES string of the molecule is O=C(NCC(O)CN1CCc2ccccc2C1)Nc1cccc(Cl)c1. The highest BCUT2D eigenvalue weighted by Gasteiger charge is 2.18. The highest BCUT2D eigenvalue weighted by atomic mass is 35.5. The predicted molar refractivity (Wildman–Crippen MR) is 99.9 cm³/mol. The molecule has 2 aromatic carbocycles. The third kappa shape index (κ3) is 5.19. The maximum Gasteiger partial charge on any atom is 0.319 e. The molecule has 1 unspecified atom stereocenters. The number of anilines is 1. The summed E-state index contributed by atoms with van der Waals surface area (Å²) in [5.74, 6) is 0. The summed E-state index contributed by atoms with van der Waals surface area (Å²) in [6, 6.07) is 15.0. The molecule has 3 rings (SSSR count). The lowest BCUT2D eigenvalue weighted by molar-refractivity contribution is 0.106.